The van der Waals surface area contributed by atoms with Crippen molar-refractivity contribution in [3.05, 3.63) is 12.2 Å². The largest absolute Gasteiger partial charge is 0.510 e. The zero-order valence-corrected chi connectivity index (χ0v) is 6.53. The molecule has 3 nitrogen and oxygen atoms in total. The normalized spacial score (nSPS) is 17.1. The van der Waals surface area contributed by atoms with Crippen LogP contribution >= 0.6 is 7.91 Å². The van der Waals surface area contributed by atoms with Gasteiger partial charge in [-0.1, -0.05) is 6.58 Å². The highest BCUT2D eigenvalue weighted by Gasteiger charge is 2.33. The van der Waals surface area contributed by atoms with Crippen LogP contribution in [0.2, 0.25) is 0 Å². The van der Waals surface area contributed by atoms with Crippen LogP contribution in [0, 0.1) is 0 Å². The molecule has 0 saturated heterocycles. The van der Waals surface area contributed by atoms with Crippen LogP contribution in [0.4, 0.5) is 17.4 Å². The molecule has 0 heterocycles. The Bertz CT molecular complexity index is 217. The Morgan fingerprint density at radius 3 is 2.25 bits per heavy atom. The highest BCUT2D eigenvalue weighted by atomic mass is 31.2. The fourth-order valence-electron chi connectivity index (χ4n) is 0.239. The molecule has 0 aliphatic heterocycles. The lowest BCUT2D eigenvalue weighted by molar-refractivity contribution is -0.0965. The van der Waals surface area contributed by atoms with Gasteiger partial charge in [0.2, 0.25) is 0 Å². The molecule has 0 aromatic carbocycles. The number of hydrogen-bond acceptors (Lipinski definition) is 2. The Labute approximate surface area is 65.3 Å². The van der Waals surface area contributed by atoms with Gasteiger partial charge in [-0.3, -0.25) is 9.42 Å². The highest BCUT2D eigenvalue weighted by Crippen LogP contribution is 2.44. The summed E-state index contributed by atoms with van der Waals surface area (Å²) in [6.07, 6.45) is -4.74. The van der Waals surface area contributed by atoms with E-state index in [1.165, 1.54) is 0 Å². The molecule has 0 radical (unpaired) electrons. The summed E-state index contributed by atoms with van der Waals surface area (Å²) in [4.78, 5) is 7.79. The van der Waals surface area contributed by atoms with Crippen LogP contribution in [0.15, 0.2) is 12.2 Å². The molecule has 0 spiro atoms. The van der Waals surface area contributed by atoms with Crippen molar-refractivity contribution in [3.8, 4) is 0 Å². The summed E-state index contributed by atoms with van der Waals surface area (Å²) >= 11 is 0. The van der Waals surface area contributed by atoms with E-state index in [0.29, 0.717) is 0 Å². The molecule has 0 aliphatic rings. The monoisotopic (exact) mass is 208 g/mol. The molecule has 0 rings (SSSR count). The summed E-state index contributed by atoms with van der Waals surface area (Å²) in [5, 5.41) is 0. The van der Waals surface area contributed by atoms with Gasteiger partial charge in [0.05, 0.1) is 12.2 Å². The molecule has 72 valence electrons. The summed E-state index contributed by atoms with van der Waals surface area (Å²) in [5.41, 5.74) is -1.42. The molecular formula is C4H5F4O3P. The van der Waals surface area contributed by atoms with Gasteiger partial charge in [-0.2, -0.15) is 13.2 Å². The third kappa shape index (κ3) is 5.29. The first kappa shape index (κ1) is 11.6. The molecule has 0 bridgehead atoms. The van der Waals surface area contributed by atoms with E-state index in [1.807, 2.05) is 0 Å². The lowest BCUT2D eigenvalue weighted by Gasteiger charge is -2.09. The van der Waals surface area contributed by atoms with Crippen LogP contribution < -0.4 is 0 Å². The van der Waals surface area contributed by atoms with Crippen molar-refractivity contribution in [2.24, 2.45) is 0 Å². The van der Waals surface area contributed by atoms with E-state index in [4.69, 9.17) is 4.89 Å². The third-order valence-electron chi connectivity index (χ3n) is 0.799. The maximum Gasteiger partial charge on any atom is 0.510 e. The van der Waals surface area contributed by atoms with Crippen molar-refractivity contribution in [2.75, 3.05) is 6.61 Å². The summed E-state index contributed by atoms with van der Waals surface area (Å²) in [6.45, 7) is 1.13. The van der Waals surface area contributed by atoms with Gasteiger partial charge in [-0.15, -0.1) is 4.20 Å². The topological polar surface area (TPSA) is 46.5 Å². The minimum absolute atomic E-state index is 1.35. The minimum atomic E-state index is -5.35. The highest BCUT2D eigenvalue weighted by molar-refractivity contribution is 7.46. The number of rotatable bonds is 3. The molecule has 0 aromatic rings. The minimum Gasteiger partial charge on any atom is -0.299 e. The summed E-state index contributed by atoms with van der Waals surface area (Å²) in [5.74, 6) is 0. The lowest BCUT2D eigenvalue weighted by atomic mass is 10.3. The Balaban J connectivity index is 3.98. The van der Waals surface area contributed by atoms with Crippen molar-refractivity contribution in [1.82, 2.24) is 0 Å². The van der Waals surface area contributed by atoms with E-state index < -0.39 is 26.3 Å². The maximum atomic E-state index is 11.6. The Morgan fingerprint density at radius 2 is 2.00 bits per heavy atom. The summed E-state index contributed by atoms with van der Waals surface area (Å²) in [6, 6.07) is 0. The predicted octanol–water partition coefficient (Wildman–Crippen LogP) is 2.19. The average molecular weight is 208 g/mol. The summed E-state index contributed by atoms with van der Waals surface area (Å²) < 4.78 is 59.3. The van der Waals surface area contributed by atoms with Crippen LogP contribution in [0.3, 0.4) is 0 Å². The van der Waals surface area contributed by atoms with E-state index in [-0.39, 0.29) is 0 Å². The number of halogens is 4. The van der Waals surface area contributed by atoms with Gasteiger partial charge in [-0.25, -0.2) is 4.57 Å². The first-order valence-corrected chi connectivity index (χ1v) is 4.02. The van der Waals surface area contributed by atoms with Gasteiger partial charge in [0, 0.05) is 0 Å². The molecular weight excluding hydrogens is 203 g/mol. The smallest absolute Gasteiger partial charge is 0.299 e. The van der Waals surface area contributed by atoms with Crippen molar-refractivity contribution >= 4 is 7.91 Å². The molecule has 1 unspecified atom stereocenters. The van der Waals surface area contributed by atoms with E-state index in [2.05, 4.69) is 11.1 Å². The molecule has 0 saturated carbocycles. The molecule has 12 heavy (non-hydrogen) atoms. The van der Waals surface area contributed by atoms with Crippen molar-refractivity contribution < 1.29 is 31.4 Å². The molecule has 0 fully saturated rings. The van der Waals surface area contributed by atoms with E-state index in [9.17, 15) is 21.9 Å². The predicted molar refractivity (Wildman–Crippen MR) is 32.1 cm³/mol. The van der Waals surface area contributed by atoms with E-state index >= 15 is 0 Å². The first-order chi connectivity index (χ1) is 5.13. The van der Waals surface area contributed by atoms with Crippen LogP contribution in [0.25, 0.3) is 0 Å². The zero-order valence-electron chi connectivity index (χ0n) is 5.64. The van der Waals surface area contributed by atoms with Crippen LogP contribution in [0.5, 0.6) is 0 Å². The lowest BCUT2D eigenvalue weighted by Crippen LogP contribution is -2.14. The van der Waals surface area contributed by atoms with Crippen molar-refractivity contribution in [1.29, 1.82) is 0 Å². The van der Waals surface area contributed by atoms with Crippen LogP contribution in [-0.4, -0.2) is 17.7 Å². The molecule has 8 heteroatoms. The Kier molecular flexibility index (Phi) is 3.44. The summed E-state index contributed by atoms with van der Waals surface area (Å²) in [7, 11) is -5.35. The maximum absolute atomic E-state index is 11.6. The molecule has 0 amide bonds. The zero-order chi connectivity index (χ0) is 9.99. The van der Waals surface area contributed by atoms with Gasteiger partial charge in [0.25, 0.3) is 0 Å². The first-order valence-electron chi connectivity index (χ1n) is 2.55. The van der Waals surface area contributed by atoms with Gasteiger partial charge >= 0.3 is 14.1 Å². The van der Waals surface area contributed by atoms with Crippen LogP contribution in [-0.2, 0) is 9.09 Å². The molecule has 1 N–H and O–H groups in total. The van der Waals surface area contributed by atoms with E-state index in [0.717, 1.165) is 0 Å². The van der Waals surface area contributed by atoms with Crippen molar-refractivity contribution in [2.45, 2.75) is 6.18 Å². The van der Waals surface area contributed by atoms with Gasteiger partial charge in [0.1, 0.15) is 0 Å². The van der Waals surface area contributed by atoms with Crippen LogP contribution in [0.1, 0.15) is 0 Å². The standard InChI is InChI=1S/C4H5F4O3P/c1-3(4(5,6)7)2-11-12(8,9)10/h1-2H2,(H,9,10). The third-order valence-corrected chi connectivity index (χ3v) is 1.25. The molecule has 0 aliphatic carbocycles. The second kappa shape index (κ2) is 3.55. The number of hydrogen-bond donors (Lipinski definition) is 1. The van der Waals surface area contributed by atoms with Gasteiger partial charge < -0.3 is 0 Å². The molecule has 0 aromatic heterocycles. The molecule has 1 atom stereocenters. The Hall–Kier alpha value is -0.390. The second-order valence-electron chi connectivity index (χ2n) is 1.83. The van der Waals surface area contributed by atoms with Gasteiger partial charge in [-0.05, 0) is 0 Å². The number of alkyl halides is 3. The fraction of sp³-hybridized carbons (Fsp3) is 0.500. The van der Waals surface area contributed by atoms with E-state index in [1.54, 1.807) is 0 Å². The van der Waals surface area contributed by atoms with Gasteiger partial charge in [0.15, 0.2) is 0 Å². The van der Waals surface area contributed by atoms with Crippen molar-refractivity contribution in [3.63, 3.8) is 0 Å². The Morgan fingerprint density at radius 1 is 1.58 bits per heavy atom. The fourth-order valence-corrected chi connectivity index (χ4v) is 0.554. The SMILES string of the molecule is C=C(COP(=O)(O)F)C(F)(F)F. The second-order valence-corrected chi connectivity index (χ2v) is 2.99. The quantitative estimate of drug-likeness (QED) is 0.439. The average Bonchev–Trinajstić information content (AvgIpc) is 1.78.